The molecule has 0 radical (unpaired) electrons. The van der Waals surface area contributed by atoms with Crippen molar-refractivity contribution in [1.29, 1.82) is 0 Å². The molecule has 3 aliphatic rings. The van der Waals surface area contributed by atoms with Gasteiger partial charge in [0.1, 0.15) is 11.7 Å². The number of hydrogen-bond acceptors (Lipinski definition) is 5. The van der Waals surface area contributed by atoms with E-state index < -0.39 is 11.7 Å². The lowest BCUT2D eigenvalue weighted by Gasteiger charge is -2.44. The van der Waals surface area contributed by atoms with Crippen LogP contribution in [0.3, 0.4) is 0 Å². The fraction of sp³-hybridized carbons (Fsp3) is 0.625. The normalized spacial score (nSPS) is 29.6. The molecule has 1 aromatic carbocycles. The van der Waals surface area contributed by atoms with Crippen LogP contribution in [0.1, 0.15) is 24.8 Å². The van der Waals surface area contributed by atoms with Crippen LogP contribution < -0.4 is 14.2 Å². The van der Waals surface area contributed by atoms with Crippen molar-refractivity contribution < 1.29 is 32.6 Å². The van der Waals surface area contributed by atoms with Gasteiger partial charge >= 0.3 is 6.18 Å². The van der Waals surface area contributed by atoms with Gasteiger partial charge in [0.25, 0.3) is 0 Å². The summed E-state index contributed by atoms with van der Waals surface area (Å²) in [6, 6.07) is 2.27. The molecule has 8 heteroatoms. The van der Waals surface area contributed by atoms with E-state index in [1.807, 2.05) is 0 Å². The molecule has 5 nitrogen and oxygen atoms in total. The van der Waals surface area contributed by atoms with Crippen LogP contribution in [0.4, 0.5) is 13.2 Å². The Balaban J connectivity index is 1.63. The predicted octanol–water partition coefficient (Wildman–Crippen LogP) is 3.30. The van der Waals surface area contributed by atoms with E-state index in [0.29, 0.717) is 13.1 Å². The van der Waals surface area contributed by atoms with E-state index in [1.165, 1.54) is 11.1 Å². The SMILES string of the molecule is ON1C[C@@H]2CCC[C@@H](C1)C2Oc1ccc(C(F)(F)F)c2c1OCO2. The Morgan fingerprint density at radius 2 is 1.75 bits per heavy atom. The van der Waals surface area contributed by atoms with Crippen LogP contribution in [0.15, 0.2) is 12.1 Å². The van der Waals surface area contributed by atoms with Gasteiger partial charge in [-0.1, -0.05) is 6.42 Å². The average Bonchev–Trinajstić information content (AvgIpc) is 2.96. The van der Waals surface area contributed by atoms with Gasteiger partial charge in [0.15, 0.2) is 11.5 Å². The number of halogens is 3. The molecule has 1 saturated carbocycles. The molecular formula is C16H18F3NO4. The van der Waals surface area contributed by atoms with E-state index >= 15 is 0 Å². The highest BCUT2D eigenvalue weighted by atomic mass is 19.4. The molecule has 2 aliphatic heterocycles. The van der Waals surface area contributed by atoms with Crippen LogP contribution in [0.2, 0.25) is 0 Å². The van der Waals surface area contributed by atoms with Crippen LogP contribution in [0, 0.1) is 11.8 Å². The summed E-state index contributed by atoms with van der Waals surface area (Å²) in [5.74, 6) is 0.313. The molecule has 1 aromatic rings. The van der Waals surface area contributed by atoms with Gasteiger partial charge in [-0.25, -0.2) is 0 Å². The first-order valence-electron chi connectivity index (χ1n) is 8.04. The lowest BCUT2D eigenvalue weighted by Crippen LogP contribution is -2.52. The minimum Gasteiger partial charge on any atom is -0.486 e. The number of fused-ring (bicyclic) bond motifs is 3. The van der Waals surface area contributed by atoms with Gasteiger partial charge in [-0.3, -0.25) is 0 Å². The van der Waals surface area contributed by atoms with Crippen molar-refractivity contribution in [1.82, 2.24) is 5.06 Å². The summed E-state index contributed by atoms with van der Waals surface area (Å²) in [5, 5.41) is 11.1. The van der Waals surface area contributed by atoms with Gasteiger partial charge in [-0.15, -0.1) is 0 Å². The summed E-state index contributed by atoms with van der Waals surface area (Å²) in [5.41, 5.74) is -0.854. The second-order valence-corrected chi connectivity index (χ2v) is 6.58. The van der Waals surface area contributed by atoms with E-state index in [2.05, 4.69) is 0 Å². The smallest absolute Gasteiger partial charge is 0.420 e. The number of nitrogens with zero attached hydrogens (tertiary/aromatic N) is 1. The van der Waals surface area contributed by atoms with Gasteiger partial charge in [0.2, 0.25) is 12.5 Å². The minimum atomic E-state index is -4.50. The number of hydroxylamine groups is 2. The Morgan fingerprint density at radius 1 is 1.08 bits per heavy atom. The quantitative estimate of drug-likeness (QED) is 0.891. The molecule has 24 heavy (non-hydrogen) atoms. The van der Waals surface area contributed by atoms with Crippen LogP contribution in [0.5, 0.6) is 17.2 Å². The molecular weight excluding hydrogens is 327 g/mol. The zero-order valence-corrected chi connectivity index (χ0v) is 12.9. The third kappa shape index (κ3) is 2.67. The number of rotatable bonds is 2. The highest BCUT2D eigenvalue weighted by Crippen LogP contribution is 2.50. The fourth-order valence-electron chi connectivity index (χ4n) is 3.99. The molecule has 0 unspecified atom stereocenters. The number of piperidine rings is 1. The molecule has 1 N–H and O–H groups in total. The van der Waals surface area contributed by atoms with Crippen LogP contribution in [-0.2, 0) is 6.18 Å². The van der Waals surface area contributed by atoms with Gasteiger partial charge in [-0.05, 0) is 25.0 Å². The zero-order valence-electron chi connectivity index (χ0n) is 12.9. The van der Waals surface area contributed by atoms with Crippen molar-refractivity contribution in [3.05, 3.63) is 17.7 Å². The summed E-state index contributed by atoms with van der Waals surface area (Å²) >= 11 is 0. The largest absolute Gasteiger partial charge is 0.486 e. The molecule has 2 bridgehead atoms. The predicted molar refractivity (Wildman–Crippen MR) is 76.2 cm³/mol. The minimum absolute atomic E-state index is 0.0225. The third-order valence-electron chi connectivity index (χ3n) is 5.02. The standard InChI is InChI=1S/C16H18F3NO4/c17-16(18,19)11-4-5-12(15-14(11)22-8-23-15)24-13-9-2-1-3-10(13)7-20(21)6-9/h4-5,9-10,13,21H,1-3,6-8H2/t9-,10-/m0/s1. The molecule has 132 valence electrons. The van der Waals surface area contributed by atoms with Gasteiger partial charge < -0.3 is 19.4 Å². The average molecular weight is 345 g/mol. The second kappa shape index (κ2) is 5.70. The molecule has 4 rings (SSSR count). The summed E-state index contributed by atoms with van der Waals surface area (Å²) in [6.45, 7) is 0.781. The first-order chi connectivity index (χ1) is 11.4. The van der Waals surface area contributed by atoms with E-state index in [4.69, 9.17) is 14.2 Å². The van der Waals surface area contributed by atoms with Gasteiger partial charge in [0, 0.05) is 24.9 Å². The maximum absolute atomic E-state index is 13.1. The van der Waals surface area contributed by atoms with Crippen LogP contribution in [-0.4, -0.2) is 36.3 Å². The Hall–Kier alpha value is -1.67. The van der Waals surface area contributed by atoms with E-state index in [0.717, 1.165) is 25.3 Å². The Kier molecular flexibility index (Phi) is 3.76. The Morgan fingerprint density at radius 3 is 2.42 bits per heavy atom. The number of benzene rings is 1. The third-order valence-corrected chi connectivity index (χ3v) is 5.02. The van der Waals surface area contributed by atoms with Crippen molar-refractivity contribution in [3.63, 3.8) is 0 Å². The van der Waals surface area contributed by atoms with Gasteiger partial charge in [-0.2, -0.15) is 18.2 Å². The number of alkyl halides is 3. The highest BCUT2D eigenvalue weighted by Gasteiger charge is 2.43. The molecule has 2 fully saturated rings. The first kappa shape index (κ1) is 15.8. The summed E-state index contributed by atoms with van der Waals surface area (Å²) in [4.78, 5) is 0. The lowest BCUT2D eigenvalue weighted by molar-refractivity contribution is -0.170. The van der Waals surface area contributed by atoms with Crippen molar-refractivity contribution in [2.75, 3.05) is 19.9 Å². The maximum Gasteiger partial charge on any atom is 0.420 e. The summed E-state index contributed by atoms with van der Waals surface area (Å²) in [6.07, 6.45) is -1.70. The topological polar surface area (TPSA) is 51.2 Å². The van der Waals surface area contributed by atoms with Gasteiger partial charge in [0.05, 0.1) is 0 Å². The van der Waals surface area contributed by atoms with E-state index in [1.54, 1.807) is 0 Å². The molecule has 0 amide bonds. The van der Waals surface area contributed by atoms with Crippen molar-refractivity contribution in [2.45, 2.75) is 31.5 Å². The Labute approximate surface area is 136 Å². The summed E-state index contributed by atoms with van der Waals surface area (Å²) in [7, 11) is 0. The van der Waals surface area contributed by atoms with Crippen LogP contribution in [0.25, 0.3) is 0 Å². The zero-order chi connectivity index (χ0) is 16.9. The molecule has 1 saturated heterocycles. The highest BCUT2D eigenvalue weighted by molar-refractivity contribution is 5.58. The molecule has 0 aromatic heterocycles. The van der Waals surface area contributed by atoms with E-state index in [9.17, 15) is 18.4 Å². The Bertz CT molecular complexity index is 622. The number of ether oxygens (including phenoxy) is 3. The first-order valence-corrected chi connectivity index (χ1v) is 8.04. The van der Waals surface area contributed by atoms with Crippen molar-refractivity contribution in [2.24, 2.45) is 11.8 Å². The molecule has 0 spiro atoms. The summed E-state index contributed by atoms with van der Waals surface area (Å²) < 4.78 is 55.5. The molecule has 2 atom stereocenters. The van der Waals surface area contributed by atoms with E-state index in [-0.39, 0.29) is 42.0 Å². The molecule has 1 aliphatic carbocycles. The monoisotopic (exact) mass is 345 g/mol. The fourth-order valence-corrected chi connectivity index (χ4v) is 3.99. The van der Waals surface area contributed by atoms with Crippen LogP contribution >= 0.6 is 0 Å². The molecule has 2 heterocycles. The lowest BCUT2D eigenvalue weighted by atomic mass is 9.76. The number of hydrogen-bond donors (Lipinski definition) is 1. The van der Waals surface area contributed by atoms with Crippen molar-refractivity contribution >= 4 is 0 Å². The maximum atomic E-state index is 13.1. The second-order valence-electron chi connectivity index (χ2n) is 6.58. The van der Waals surface area contributed by atoms with Crippen molar-refractivity contribution in [3.8, 4) is 17.2 Å².